The summed E-state index contributed by atoms with van der Waals surface area (Å²) in [5.74, 6) is 0.555. The van der Waals surface area contributed by atoms with E-state index in [0.717, 1.165) is 4.90 Å². The molecule has 2 heterocycles. The van der Waals surface area contributed by atoms with Crippen molar-refractivity contribution in [2.75, 3.05) is 26.0 Å². The van der Waals surface area contributed by atoms with Crippen molar-refractivity contribution in [1.82, 2.24) is 20.1 Å². The number of methoxy groups -OCH3 is 1. The Bertz CT molecular complexity index is 592. The number of nitrogens with one attached hydrogen (secondary N) is 2. The molecule has 0 aliphatic carbocycles. The fraction of sp³-hybridized carbons (Fsp3) is 0.273. The van der Waals surface area contributed by atoms with E-state index in [1.807, 2.05) is 0 Å². The zero-order valence-corrected chi connectivity index (χ0v) is 10.9. The molecule has 106 valence electrons. The zero-order chi connectivity index (χ0) is 14.5. The first kappa shape index (κ1) is 13.6. The van der Waals surface area contributed by atoms with E-state index in [1.165, 1.54) is 20.4 Å². The third-order valence-corrected chi connectivity index (χ3v) is 2.36. The monoisotopic (exact) mass is 279 g/mol. The average molecular weight is 279 g/mol. The Morgan fingerprint density at radius 1 is 1.55 bits per heavy atom. The molecule has 0 aliphatic heterocycles. The summed E-state index contributed by atoms with van der Waals surface area (Å²) < 4.78 is 9.61. The molecule has 0 bridgehead atoms. The quantitative estimate of drug-likeness (QED) is 0.851. The molecule has 2 rings (SSSR count). The van der Waals surface area contributed by atoms with Crippen molar-refractivity contribution in [2.24, 2.45) is 0 Å². The number of furan rings is 1. The molecule has 0 spiro atoms. The zero-order valence-electron chi connectivity index (χ0n) is 10.9. The first-order valence-electron chi connectivity index (χ1n) is 5.65. The number of aromatic nitrogens is 3. The maximum Gasteiger partial charge on any atom is 0.409 e. The van der Waals surface area contributed by atoms with Crippen molar-refractivity contribution in [3.8, 4) is 11.6 Å². The number of rotatable bonds is 4. The molecule has 2 aromatic heterocycles. The summed E-state index contributed by atoms with van der Waals surface area (Å²) in [6.45, 7) is -0.169. The van der Waals surface area contributed by atoms with Gasteiger partial charge >= 0.3 is 6.09 Å². The number of nitrogens with zero attached hydrogens (tertiary/aromatic N) is 3. The largest absolute Gasteiger partial charge is 0.461 e. The van der Waals surface area contributed by atoms with Crippen molar-refractivity contribution in [2.45, 2.75) is 0 Å². The highest BCUT2D eigenvalue weighted by molar-refractivity contribution is 5.92. The molecule has 2 aromatic rings. The van der Waals surface area contributed by atoms with Gasteiger partial charge < -0.3 is 14.1 Å². The molecule has 0 saturated carbocycles. The van der Waals surface area contributed by atoms with Gasteiger partial charge in [0.1, 0.15) is 6.54 Å². The van der Waals surface area contributed by atoms with E-state index in [2.05, 4.69) is 25.2 Å². The molecule has 20 heavy (non-hydrogen) atoms. The van der Waals surface area contributed by atoms with Gasteiger partial charge in [0, 0.05) is 7.05 Å². The van der Waals surface area contributed by atoms with Gasteiger partial charge in [-0.05, 0) is 12.1 Å². The maximum absolute atomic E-state index is 11.7. The van der Waals surface area contributed by atoms with Crippen LogP contribution in [-0.2, 0) is 9.53 Å². The van der Waals surface area contributed by atoms with Crippen LogP contribution in [0.15, 0.2) is 22.8 Å². The average Bonchev–Trinajstić information content (AvgIpc) is 3.07. The minimum absolute atomic E-state index is 0.0969. The van der Waals surface area contributed by atoms with Crippen molar-refractivity contribution in [3.63, 3.8) is 0 Å². The van der Waals surface area contributed by atoms with E-state index in [-0.39, 0.29) is 12.5 Å². The third kappa shape index (κ3) is 3.13. The minimum Gasteiger partial charge on any atom is -0.461 e. The van der Waals surface area contributed by atoms with Crippen LogP contribution in [0.5, 0.6) is 0 Å². The van der Waals surface area contributed by atoms with Crippen LogP contribution >= 0.6 is 0 Å². The highest BCUT2D eigenvalue weighted by Crippen LogP contribution is 2.15. The smallest absolute Gasteiger partial charge is 0.409 e. The second kappa shape index (κ2) is 5.87. The van der Waals surface area contributed by atoms with Crippen LogP contribution in [0.2, 0.25) is 0 Å². The molecule has 0 fully saturated rings. The van der Waals surface area contributed by atoms with E-state index in [0.29, 0.717) is 11.6 Å². The van der Waals surface area contributed by atoms with Gasteiger partial charge in [0.25, 0.3) is 0 Å². The number of carbonyl (C=O) groups excluding carboxylic acids is 2. The summed E-state index contributed by atoms with van der Waals surface area (Å²) in [4.78, 5) is 28.0. The Balaban J connectivity index is 1.94. The predicted octanol–water partition coefficient (Wildman–Crippen LogP) is 0.701. The summed E-state index contributed by atoms with van der Waals surface area (Å²) in [5.41, 5.74) is 0. The summed E-state index contributed by atoms with van der Waals surface area (Å²) in [6, 6.07) is 3.42. The summed E-state index contributed by atoms with van der Waals surface area (Å²) >= 11 is 0. The molecule has 0 atom stereocenters. The Morgan fingerprint density at radius 2 is 2.35 bits per heavy atom. The number of hydrogen-bond donors (Lipinski definition) is 2. The molecule has 0 radical (unpaired) electrons. The maximum atomic E-state index is 11.7. The number of anilines is 1. The number of amides is 2. The fourth-order valence-corrected chi connectivity index (χ4v) is 1.44. The van der Waals surface area contributed by atoms with Crippen molar-refractivity contribution >= 4 is 17.9 Å². The van der Waals surface area contributed by atoms with Gasteiger partial charge in [0.15, 0.2) is 11.6 Å². The van der Waals surface area contributed by atoms with Crippen LogP contribution < -0.4 is 5.32 Å². The first-order valence-corrected chi connectivity index (χ1v) is 5.65. The Morgan fingerprint density at radius 3 is 3.00 bits per heavy atom. The van der Waals surface area contributed by atoms with Gasteiger partial charge in [0.2, 0.25) is 11.9 Å². The summed E-state index contributed by atoms with van der Waals surface area (Å²) in [6.07, 6.45) is 0.896. The summed E-state index contributed by atoms with van der Waals surface area (Å²) in [5, 5.41) is 8.90. The highest BCUT2D eigenvalue weighted by Gasteiger charge is 2.15. The van der Waals surface area contributed by atoms with Crippen molar-refractivity contribution < 1.29 is 18.7 Å². The number of carbonyl (C=O) groups is 2. The van der Waals surface area contributed by atoms with Crippen LogP contribution in [0.1, 0.15) is 0 Å². The van der Waals surface area contributed by atoms with Crippen LogP contribution in [0.3, 0.4) is 0 Å². The number of ether oxygens (including phenoxy) is 1. The van der Waals surface area contributed by atoms with Crippen LogP contribution in [0.4, 0.5) is 10.7 Å². The number of hydrogen-bond acceptors (Lipinski definition) is 6. The molecule has 0 saturated heterocycles. The molecule has 0 aliphatic rings. The number of aromatic amines is 1. The van der Waals surface area contributed by atoms with Gasteiger partial charge in [-0.1, -0.05) is 0 Å². The first-order chi connectivity index (χ1) is 9.60. The highest BCUT2D eigenvalue weighted by atomic mass is 16.5. The van der Waals surface area contributed by atoms with Gasteiger partial charge in [-0.3, -0.25) is 15.2 Å². The van der Waals surface area contributed by atoms with Gasteiger partial charge in [0.05, 0.1) is 13.4 Å². The van der Waals surface area contributed by atoms with E-state index >= 15 is 0 Å². The lowest BCUT2D eigenvalue weighted by Crippen LogP contribution is -2.34. The van der Waals surface area contributed by atoms with Crippen LogP contribution in [0, 0.1) is 0 Å². The lowest BCUT2D eigenvalue weighted by molar-refractivity contribution is -0.116. The second-order valence-corrected chi connectivity index (χ2v) is 3.86. The molecular weight excluding hydrogens is 266 g/mol. The third-order valence-electron chi connectivity index (χ3n) is 2.36. The van der Waals surface area contributed by atoms with E-state index in [4.69, 9.17) is 4.42 Å². The van der Waals surface area contributed by atoms with E-state index < -0.39 is 12.0 Å². The molecule has 0 unspecified atom stereocenters. The molecular formula is C11H13N5O4. The van der Waals surface area contributed by atoms with E-state index in [9.17, 15) is 9.59 Å². The summed E-state index contributed by atoms with van der Waals surface area (Å²) in [7, 11) is 2.68. The Labute approximate surface area is 113 Å². The second-order valence-electron chi connectivity index (χ2n) is 3.86. The lowest BCUT2D eigenvalue weighted by atomic mass is 10.4. The molecule has 0 aromatic carbocycles. The normalized spacial score (nSPS) is 10.1. The molecule has 9 heteroatoms. The molecule has 2 N–H and O–H groups in total. The van der Waals surface area contributed by atoms with Gasteiger partial charge in [-0.25, -0.2) is 4.79 Å². The van der Waals surface area contributed by atoms with E-state index in [1.54, 1.807) is 12.1 Å². The van der Waals surface area contributed by atoms with Gasteiger partial charge in [-0.2, -0.15) is 4.98 Å². The van der Waals surface area contributed by atoms with Crippen molar-refractivity contribution in [1.29, 1.82) is 0 Å². The fourth-order valence-electron chi connectivity index (χ4n) is 1.44. The SMILES string of the molecule is COC(=O)N(C)CC(=O)Nc1n[nH]c(-c2ccco2)n1. The van der Waals surface area contributed by atoms with Crippen LogP contribution in [-0.4, -0.2) is 52.8 Å². The minimum atomic E-state index is -0.605. The predicted molar refractivity (Wildman–Crippen MR) is 67.7 cm³/mol. The standard InChI is InChI=1S/C11H13N5O4/c1-16(11(18)19-2)6-8(17)12-10-13-9(14-15-10)7-4-3-5-20-7/h3-5H,6H2,1-2H3,(H2,12,13,14,15,17). The Hall–Kier alpha value is -2.84. The van der Waals surface area contributed by atoms with Gasteiger partial charge in [-0.15, -0.1) is 5.10 Å². The lowest BCUT2D eigenvalue weighted by Gasteiger charge is -2.13. The molecule has 2 amide bonds. The Kier molecular flexibility index (Phi) is 3.99. The molecule has 9 nitrogen and oxygen atoms in total. The van der Waals surface area contributed by atoms with Crippen LogP contribution in [0.25, 0.3) is 11.6 Å². The van der Waals surface area contributed by atoms with Crippen molar-refractivity contribution in [3.05, 3.63) is 18.4 Å². The number of likely N-dealkylation sites (N-methyl/N-ethyl adjacent to an activating group) is 1. The number of H-pyrrole nitrogens is 1. The topological polar surface area (TPSA) is 113 Å².